The summed E-state index contributed by atoms with van der Waals surface area (Å²) in [4.78, 5) is 35.1. The predicted octanol–water partition coefficient (Wildman–Crippen LogP) is -0.106. The first kappa shape index (κ1) is 24.7. The topological polar surface area (TPSA) is 171 Å². The Morgan fingerprint density at radius 3 is 2.46 bits per heavy atom. The maximum absolute atomic E-state index is 12.2. The quantitative estimate of drug-likeness (QED) is 0.287. The van der Waals surface area contributed by atoms with Crippen LogP contribution in [0.4, 0.5) is 0 Å². The molecule has 0 spiro atoms. The van der Waals surface area contributed by atoms with Crippen molar-refractivity contribution in [1.82, 2.24) is 9.55 Å². The maximum Gasteiger partial charge on any atom is 0.356 e. The van der Waals surface area contributed by atoms with Crippen molar-refractivity contribution in [2.45, 2.75) is 63.8 Å². The molecule has 1 aromatic heterocycles. The molecule has 12 heteroatoms. The van der Waals surface area contributed by atoms with E-state index in [2.05, 4.69) is 0 Å². The highest BCUT2D eigenvalue weighted by atomic mass is 31.2. The van der Waals surface area contributed by atoms with Gasteiger partial charge in [0.2, 0.25) is 0 Å². The molecule has 0 fully saturated rings. The van der Waals surface area contributed by atoms with Crippen molar-refractivity contribution in [3.8, 4) is 0 Å². The number of nitrogens with zero attached hydrogens (tertiary/aromatic N) is 1. The van der Waals surface area contributed by atoms with Crippen molar-refractivity contribution in [2.24, 2.45) is 0 Å². The van der Waals surface area contributed by atoms with Gasteiger partial charge in [0.25, 0.3) is 5.56 Å². The second-order valence-electron chi connectivity index (χ2n) is 6.63. The lowest BCUT2D eigenvalue weighted by Crippen LogP contribution is -2.40. The molecule has 0 aliphatic heterocycles. The normalized spacial score (nSPS) is 19.4. The van der Waals surface area contributed by atoms with Crippen LogP contribution in [0.1, 0.15) is 46.3 Å². The summed E-state index contributed by atoms with van der Waals surface area (Å²) in [6, 6.07) is 1.06. The zero-order chi connectivity index (χ0) is 21.5. The minimum absolute atomic E-state index is 0.0456. The molecule has 5 N–H and O–H groups in total. The highest BCUT2D eigenvalue weighted by Gasteiger charge is 2.38. The van der Waals surface area contributed by atoms with Gasteiger partial charge in [-0.15, -0.1) is 0 Å². The molecule has 0 aliphatic rings. The second-order valence-corrected chi connectivity index (χ2v) is 8.53. The first-order valence-electron chi connectivity index (χ1n) is 8.93. The fraction of sp³-hybridized carbons (Fsp3) is 0.750. The van der Waals surface area contributed by atoms with Crippen molar-refractivity contribution in [1.29, 1.82) is 0 Å². The summed E-state index contributed by atoms with van der Waals surface area (Å²) < 4.78 is 23.9. The Balaban J connectivity index is 2.91. The van der Waals surface area contributed by atoms with Gasteiger partial charge in [0, 0.05) is 18.7 Å². The van der Waals surface area contributed by atoms with Crippen LogP contribution in [0.15, 0.2) is 21.9 Å². The lowest BCUT2D eigenvalue weighted by Gasteiger charge is -2.33. The van der Waals surface area contributed by atoms with E-state index >= 15 is 0 Å². The van der Waals surface area contributed by atoms with Gasteiger partial charge in [-0.2, -0.15) is 0 Å². The van der Waals surface area contributed by atoms with Gasteiger partial charge in [-0.3, -0.25) is 18.9 Å². The summed E-state index contributed by atoms with van der Waals surface area (Å²) in [5, 5.41) is 28.9. The third-order valence-corrected chi connectivity index (χ3v) is 6.22. The molecule has 28 heavy (non-hydrogen) atoms. The van der Waals surface area contributed by atoms with Gasteiger partial charge in [-0.25, -0.2) is 4.79 Å². The number of H-pyrrole nitrogens is 1. The Hall–Kier alpha value is -1.33. The molecule has 0 saturated carbocycles. The minimum atomic E-state index is -4.27. The molecule has 1 aromatic rings. The van der Waals surface area contributed by atoms with Gasteiger partial charge >= 0.3 is 13.3 Å². The zero-order valence-corrected chi connectivity index (χ0v) is 17.0. The van der Waals surface area contributed by atoms with Crippen LogP contribution in [0.3, 0.4) is 0 Å². The number of ether oxygens (including phenoxy) is 1. The molecule has 0 radical (unpaired) electrons. The van der Waals surface area contributed by atoms with Gasteiger partial charge < -0.3 is 29.5 Å². The second kappa shape index (κ2) is 10.4. The standard InChI is InChI=1S/C16H29N2O9P/c1-4-13(22)28(24,25)27-16(3,5-2)7-9-26-14(11(20)10-19)18-8-6-12(21)17-15(18)23/h6,8,11,13-14,19-20,22H,4-5,7,9-10H2,1-3H3,(H,24,25)(H,17,21,23)/t11-,13?,14?,16?/m1/s1. The summed E-state index contributed by atoms with van der Waals surface area (Å²) in [5.41, 5.74) is -2.57. The first-order valence-corrected chi connectivity index (χ1v) is 10.6. The van der Waals surface area contributed by atoms with Gasteiger partial charge in [0.1, 0.15) is 6.10 Å². The smallest absolute Gasteiger partial charge is 0.356 e. The van der Waals surface area contributed by atoms with E-state index in [0.29, 0.717) is 6.42 Å². The predicted molar refractivity (Wildman–Crippen MR) is 99.9 cm³/mol. The number of nitrogens with one attached hydrogen (secondary N) is 1. The van der Waals surface area contributed by atoms with E-state index < -0.39 is 49.2 Å². The maximum atomic E-state index is 12.2. The molecule has 5 atom stereocenters. The Labute approximate surface area is 162 Å². The Morgan fingerprint density at radius 2 is 1.96 bits per heavy atom. The number of aliphatic hydroxyl groups is 3. The Bertz CT molecular complexity index is 780. The van der Waals surface area contributed by atoms with Crippen molar-refractivity contribution >= 4 is 7.60 Å². The number of rotatable bonds is 12. The van der Waals surface area contributed by atoms with Crippen LogP contribution >= 0.6 is 7.60 Å². The van der Waals surface area contributed by atoms with Crippen molar-refractivity contribution in [2.75, 3.05) is 13.2 Å². The van der Waals surface area contributed by atoms with E-state index in [4.69, 9.17) is 9.26 Å². The number of aliphatic hydroxyl groups excluding tert-OH is 3. The molecule has 4 unspecified atom stereocenters. The zero-order valence-electron chi connectivity index (χ0n) is 16.1. The Morgan fingerprint density at radius 1 is 1.32 bits per heavy atom. The molecule has 0 amide bonds. The van der Waals surface area contributed by atoms with E-state index in [9.17, 15) is 34.4 Å². The minimum Gasteiger partial charge on any atom is -0.394 e. The highest BCUT2D eigenvalue weighted by molar-refractivity contribution is 7.53. The van der Waals surface area contributed by atoms with Gasteiger partial charge in [0.15, 0.2) is 12.1 Å². The third kappa shape index (κ3) is 6.63. The molecule has 1 rings (SSSR count). The van der Waals surface area contributed by atoms with E-state index in [1.807, 2.05) is 4.98 Å². The fourth-order valence-corrected chi connectivity index (χ4v) is 3.82. The molecule has 1 heterocycles. The van der Waals surface area contributed by atoms with Crippen molar-refractivity contribution in [3.05, 3.63) is 33.1 Å². The largest absolute Gasteiger partial charge is 0.394 e. The fourth-order valence-electron chi connectivity index (χ4n) is 2.38. The molecule has 162 valence electrons. The lowest BCUT2D eigenvalue weighted by molar-refractivity contribution is -0.110. The molecular weight excluding hydrogens is 395 g/mol. The first-order chi connectivity index (χ1) is 13.0. The summed E-state index contributed by atoms with van der Waals surface area (Å²) in [5.74, 6) is -1.51. The summed E-state index contributed by atoms with van der Waals surface area (Å²) in [7, 11) is -4.27. The van der Waals surface area contributed by atoms with Gasteiger partial charge in [-0.1, -0.05) is 13.8 Å². The van der Waals surface area contributed by atoms with E-state index in [1.165, 1.54) is 0 Å². The summed E-state index contributed by atoms with van der Waals surface area (Å²) >= 11 is 0. The van der Waals surface area contributed by atoms with E-state index in [0.717, 1.165) is 16.8 Å². The number of hydrogen-bond acceptors (Lipinski definition) is 8. The highest BCUT2D eigenvalue weighted by Crippen LogP contribution is 2.52. The molecule has 11 nitrogen and oxygen atoms in total. The van der Waals surface area contributed by atoms with Gasteiger partial charge in [0.05, 0.1) is 18.8 Å². The molecule has 0 aromatic carbocycles. The number of hydrogen-bond donors (Lipinski definition) is 5. The van der Waals surface area contributed by atoms with Crippen LogP contribution in [0.25, 0.3) is 0 Å². The van der Waals surface area contributed by atoms with Crippen LogP contribution in [-0.4, -0.2) is 60.5 Å². The van der Waals surface area contributed by atoms with Crippen LogP contribution in [-0.2, 0) is 13.8 Å². The van der Waals surface area contributed by atoms with Gasteiger partial charge in [-0.05, 0) is 19.8 Å². The Kier molecular flexibility index (Phi) is 9.22. The van der Waals surface area contributed by atoms with Crippen LogP contribution in [0.5, 0.6) is 0 Å². The number of aromatic amines is 1. The molecular formula is C16H29N2O9P. The van der Waals surface area contributed by atoms with Crippen LogP contribution < -0.4 is 11.2 Å². The van der Waals surface area contributed by atoms with Crippen molar-refractivity contribution < 1.29 is 34.0 Å². The van der Waals surface area contributed by atoms with E-state index in [-0.39, 0.29) is 19.4 Å². The van der Waals surface area contributed by atoms with Crippen LogP contribution in [0.2, 0.25) is 0 Å². The van der Waals surface area contributed by atoms with Crippen molar-refractivity contribution in [3.63, 3.8) is 0 Å². The average molecular weight is 424 g/mol. The summed E-state index contributed by atoms with van der Waals surface area (Å²) in [6.45, 7) is 4.04. The molecule has 0 aliphatic carbocycles. The third-order valence-electron chi connectivity index (χ3n) is 4.40. The average Bonchev–Trinajstić information content (AvgIpc) is 2.64. The SMILES string of the molecule is CCC(O)P(=O)(O)OC(C)(CC)CCOC([C@H](O)CO)n1ccc(=O)[nH]c1=O. The molecule has 0 bridgehead atoms. The monoisotopic (exact) mass is 424 g/mol. The summed E-state index contributed by atoms with van der Waals surface area (Å²) in [6.07, 6.45) is -1.16. The van der Waals surface area contributed by atoms with E-state index in [1.54, 1.807) is 20.8 Å². The number of aromatic nitrogens is 2. The molecule has 0 saturated heterocycles. The van der Waals surface area contributed by atoms with Crippen LogP contribution in [0, 0.1) is 0 Å². The lowest BCUT2D eigenvalue weighted by atomic mass is 10.0.